The highest BCUT2D eigenvalue weighted by Gasteiger charge is 2.57. The van der Waals surface area contributed by atoms with Gasteiger partial charge in [0.15, 0.2) is 0 Å². The fraction of sp³-hybridized carbons (Fsp3) is 0.500. The zero-order valence-electron chi connectivity index (χ0n) is 24.6. The summed E-state index contributed by atoms with van der Waals surface area (Å²) >= 11 is 0. The number of methoxy groups -OCH3 is 1. The fourth-order valence-corrected chi connectivity index (χ4v) is 6.20. The largest absolute Gasteiger partial charge is 0.483 e. The smallest absolute Gasteiger partial charge is 0.416 e. The molecule has 2 aromatic rings. The van der Waals surface area contributed by atoms with Gasteiger partial charge >= 0.3 is 24.4 Å². The maximum absolute atomic E-state index is 14.1. The number of halogens is 7. The Morgan fingerprint density at radius 1 is 1.09 bits per heavy atom. The molecule has 2 aliphatic heterocycles. The first-order valence-corrected chi connectivity index (χ1v) is 13.7. The summed E-state index contributed by atoms with van der Waals surface area (Å²) in [5.74, 6) is -1.64. The number of aliphatic imine (C=N–C) groups is 1. The second-order valence-corrected chi connectivity index (χ2v) is 11.7. The van der Waals surface area contributed by atoms with Crippen LogP contribution in [0.4, 0.5) is 35.5 Å². The topological polar surface area (TPSA) is 82.4 Å². The number of piperidine rings is 1. The van der Waals surface area contributed by atoms with E-state index in [9.17, 15) is 45.4 Å². The molecule has 240 valence electrons. The number of amides is 2. The average molecular weight is 632 g/mol. The van der Waals surface area contributed by atoms with Gasteiger partial charge in [-0.3, -0.25) is 4.79 Å². The molecule has 1 unspecified atom stereocenters. The lowest BCUT2D eigenvalue weighted by Gasteiger charge is -2.46. The molecule has 4 atom stereocenters. The molecule has 1 spiro atoms. The molecular weight excluding hydrogens is 599 g/mol. The van der Waals surface area contributed by atoms with Crippen molar-refractivity contribution >= 4 is 17.9 Å². The van der Waals surface area contributed by atoms with Gasteiger partial charge in [-0.2, -0.15) is 26.3 Å². The number of benzene rings is 2. The second-order valence-electron chi connectivity index (χ2n) is 11.7. The van der Waals surface area contributed by atoms with Crippen molar-refractivity contribution in [2.75, 3.05) is 20.7 Å². The van der Waals surface area contributed by atoms with Gasteiger partial charge in [0.05, 0.1) is 35.9 Å². The summed E-state index contributed by atoms with van der Waals surface area (Å²) in [7, 11) is 2.59. The summed E-state index contributed by atoms with van der Waals surface area (Å²) in [5, 5.41) is 9.95. The van der Waals surface area contributed by atoms with Crippen LogP contribution in [0.2, 0.25) is 0 Å². The van der Waals surface area contributed by atoms with Crippen LogP contribution in [0, 0.1) is 18.2 Å². The number of aliphatic carboxylic acids is 1. The molecule has 2 heterocycles. The third-order valence-electron chi connectivity index (χ3n) is 8.74. The molecule has 0 bridgehead atoms. The van der Waals surface area contributed by atoms with Crippen LogP contribution >= 0.6 is 0 Å². The minimum Gasteiger partial charge on any atom is -0.483 e. The normalized spacial score (nSPS) is 24.7. The number of carbonyl (C=O) groups excluding carboxylic acids is 1. The first-order chi connectivity index (χ1) is 20.2. The van der Waals surface area contributed by atoms with Crippen molar-refractivity contribution in [1.82, 2.24) is 9.80 Å². The molecule has 2 amide bonds. The van der Waals surface area contributed by atoms with E-state index in [1.807, 2.05) is 0 Å². The summed E-state index contributed by atoms with van der Waals surface area (Å²) < 4.78 is 100. The Labute approximate surface area is 249 Å². The van der Waals surface area contributed by atoms with Crippen LogP contribution in [0.3, 0.4) is 0 Å². The maximum atomic E-state index is 14.1. The van der Waals surface area contributed by atoms with Crippen LogP contribution in [-0.2, 0) is 21.9 Å². The standard InChI is InChI=1S/C30H32F7N3O4/c1-16-10-21(31)6-7-22(16)23-14-28(15-27(3,25(41)42)24(38-28)44-5)8-9-40(23)26(43)39(4)17(2)18-11-19(29(32,33)34)13-20(12-18)30(35,36)37/h6-7,10-13,17,23H,8-9,14-15H2,1-5H3,(H,41,42)/t17-,23-,27?,28+/m1/s1. The second kappa shape index (κ2) is 11.3. The number of aryl methyl sites for hydroxylation is 1. The lowest BCUT2D eigenvalue weighted by Crippen LogP contribution is -2.52. The van der Waals surface area contributed by atoms with E-state index in [1.54, 1.807) is 6.92 Å². The minimum atomic E-state index is -5.06. The van der Waals surface area contributed by atoms with Gasteiger partial charge in [0.1, 0.15) is 11.2 Å². The number of hydrogen-bond donors (Lipinski definition) is 1. The number of rotatable bonds is 4. The number of urea groups is 1. The Hall–Kier alpha value is -3.84. The van der Waals surface area contributed by atoms with E-state index in [0.717, 1.165) is 4.90 Å². The highest BCUT2D eigenvalue weighted by atomic mass is 19.4. The van der Waals surface area contributed by atoms with Crippen molar-refractivity contribution in [3.05, 3.63) is 70.0 Å². The van der Waals surface area contributed by atoms with Gasteiger partial charge in [-0.25, -0.2) is 14.2 Å². The molecule has 4 rings (SSSR count). The number of hydrogen-bond acceptors (Lipinski definition) is 4. The summed E-state index contributed by atoms with van der Waals surface area (Å²) in [6.07, 6.45) is -9.73. The number of carboxylic acid groups (broad SMARTS) is 1. The van der Waals surface area contributed by atoms with E-state index >= 15 is 0 Å². The van der Waals surface area contributed by atoms with Crippen molar-refractivity contribution < 1.29 is 50.2 Å². The lowest BCUT2D eigenvalue weighted by molar-refractivity contribution is -0.145. The quantitative estimate of drug-likeness (QED) is 0.357. The van der Waals surface area contributed by atoms with E-state index in [2.05, 4.69) is 4.99 Å². The number of ether oxygens (including phenoxy) is 1. The lowest BCUT2D eigenvalue weighted by atomic mass is 9.73. The molecule has 0 aromatic heterocycles. The molecule has 0 aliphatic carbocycles. The van der Waals surface area contributed by atoms with Gasteiger partial charge in [-0.05, 0) is 87.1 Å². The molecular formula is C30H32F7N3O4. The third-order valence-corrected chi connectivity index (χ3v) is 8.74. The molecule has 44 heavy (non-hydrogen) atoms. The van der Waals surface area contributed by atoms with Gasteiger partial charge in [-0.15, -0.1) is 0 Å². The predicted octanol–water partition coefficient (Wildman–Crippen LogP) is 7.40. The van der Waals surface area contributed by atoms with Crippen molar-refractivity contribution in [3.8, 4) is 0 Å². The van der Waals surface area contributed by atoms with Crippen LogP contribution in [0.1, 0.15) is 73.0 Å². The number of carboxylic acids is 1. The van der Waals surface area contributed by atoms with Gasteiger partial charge in [0.25, 0.3) is 0 Å². The van der Waals surface area contributed by atoms with Crippen molar-refractivity contribution in [2.45, 2.75) is 70.0 Å². The summed E-state index contributed by atoms with van der Waals surface area (Å²) in [6.45, 7) is 4.46. The molecule has 1 saturated heterocycles. The summed E-state index contributed by atoms with van der Waals surface area (Å²) in [6, 6.07) is 2.48. The Morgan fingerprint density at radius 3 is 2.16 bits per heavy atom. The zero-order valence-corrected chi connectivity index (χ0v) is 24.6. The van der Waals surface area contributed by atoms with Crippen molar-refractivity contribution in [3.63, 3.8) is 0 Å². The van der Waals surface area contributed by atoms with Gasteiger partial charge in [0, 0.05) is 13.6 Å². The van der Waals surface area contributed by atoms with E-state index in [1.165, 1.54) is 51.1 Å². The predicted molar refractivity (Wildman–Crippen MR) is 145 cm³/mol. The Kier molecular flexibility index (Phi) is 8.46. The number of alkyl halides is 6. The molecule has 7 nitrogen and oxygen atoms in total. The van der Waals surface area contributed by atoms with Gasteiger partial charge in [-0.1, -0.05) is 6.07 Å². The Bertz CT molecular complexity index is 1460. The van der Waals surface area contributed by atoms with Crippen LogP contribution in [-0.4, -0.2) is 59.0 Å². The highest BCUT2D eigenvalue weighted by Crippen LogP contribution is 2.51. The summed E-state index contributed by atoms with van der Waals surface area (Å²) in [4.78, 5) is 33.3. The fourth-order valence-electron chi connectivity index (χ4n) is 6.20. The van der Waals surface area contributed by atoms with Crippen LogP contribution < -0.4 is 0 Å². The average Bonchev–Trinajstić information content (AvgIpc) is 3.22. The molecule has 1 N–H and O–H groups in total. The maximum Gasteiger partial charge on any atom is 0.416 e. The molecule has 0 radical (unpaired) electrons. The highest BCUT2D eigenvalue weighted by molar-refractivity contribution is 6.03. The molecule has 1 fully saturated rings. The summed E-state index contributed by atoms with van der Waals surface area (Å²) in [5.41, 5.74) is -4.73. The SMILES string of the molecule is COC1=N[C@]2(CCN(C(=O)N(C)[C@H](C)c3cc(C(F)(F)F)cc(C(F)(F)F)c3)[C@@H](c3ccc(F)cc3C)C2)CC1(C)C(=O)O. The number of nitrogens with zero attached hydrogens (tertiary/aromatic N) is 3. The number of likely N-dealkylation sites (tertiary alicyclic amines) is 1. The number of carbonyl (C=O) groups is 2. The van der Waals surface area contributed by atoms with Gasteiger partial charge < -0.3 is 19.6 Å². The van der Waals surface area contributed by atoms with E-state index in [-0.39, 0.29) is 43.3 Å². The third kappa shape index (κ3) is 6.07. The monoisotopic (exact) mass is 631 g/mol. The molecule has 2 aromatic carbocycles. The Morgan fingerprint density at radius 2 is 1.68 bits per heavy atom. The molecule has 2 aliphatic rings. The van der Waals surface area contributed by atoms with Crippen LogP contribution in [0.25, 0.3) is 0 Å². The van der Waals surface area contributed by atoms with E-state index in [4.69, 9.17) is 4.74 Å². The first kappa shape index (κ1) is 33.1. The first-order valence-electron chi connectivity index (χ1n) is 13.7. The van der Waals surface area contributed by atoms with Gasteiger partial charge in [0.2, 0.25) is 5.90 Å². The molecule has 14 heteroatoms. The van der Waals surface area contributed by atoms with Crippen LogP contribution in [0.5, 0.6) is 0 Å². The Balaban J connectivity index is 1.73. The van der Waals surface area contributed by atoms with E-state index < -0.39 is 64.3 Å². The van der Waals surface area contributed by atoms with Crippen molar-refractivity contribution in [2.24, 2.45) is 10.4 Å². The van der Waals surface area contributed by atoms with Crippen molar-refractivity contribution in [1.29, 1.82) is 0 Å². The zero-order chi connectivity index (χ0) is 33.0. The van der Waals surface area contributed by atoms with E-state index in [0.29, 0.717) is 23.3 Å². The van der Waals surface area contributed by atoms with Crippen LogP contribution in [0.15, 0.2) is 41.4 Å². The molecule has 0 saturated carbocycles. The minimum absolute atomic E-state index is 0.0178.